The molecule has 21 heavy (non-hydrogen) atoms. The number of halogens is 1. The second kappa shape index (κ2) is 8.79. The summed E-state index contributed by atoms with van der Waals surface area (Å²) in [5.41, 5.74) is 2.64. The van der Waals surface area contributed by atoms with E-state index in [9.17, 15) is 0 Å². The van der Waals surface area contributed by atoms with E-state index < -0.39 is 0 Å². The molecule has 1 aromatic carbocycles. The van der Waals surface area contributed by atoms with Crippen molar-refractivity contribution in [1.29, 1.82) is 0 Å². The van der Waals surface area contributed by atoms with Gasteiger partial charge in [-0.25, -0.2) is 0 Å². The number of benzene rings is 1. The van der Waals surface area contributed by atoms with Crippen molar-refractivity contribution >= 4 is 21.6 Å². The van der Waals surface area contributed by atoms with Gasteiger partial charge in [0.25, 0.3) is 0 Å². The van der Waals surface area contributed by atoms with Crippen molar-refractivity contribution in [2.45, 2.75) is 47.6 Å². The molecule has 1 N–H and O–H groups in total. The van der Waals surface area contributed by atoms with E-state index in [1.54, 1.807) is 0 Å². The zero-order valence-corrected chi connectivity index (χ0v) is 16.0. The first-order valence-electron chi connectivity index (χ1n) is 8.12. The Hall–Kier alpha value is -0.540. The summed E-state index contributed by atoms with van der Waals surface area (Å²) in [5.74, 6) is 1.33. The second-order valence-corrected chi connectivity index (χ2v) is 7.54. The third-order valence-electron chi connectivity index (χ3n) is 3.49. The number of nitrogens with one attached hydrogen (secondary N) is 1. The molecular formula is C18H31BrN2. The van der Waals surface area contributed by atoms with Crippen molar-refractivity contribution < 1.29 is 0 Å². The molecule has 0 saturated heterocycles. The molecule has 1 aromatic rings. The largest absolute Gasteiger partial charge is 0.370 e. The number of hydrogen-bond donors (Lipinski definition) is 1. The molecule has 1 atom stereocenters. The molecule has 0 aliphatic rings. The van der Waals surface area contributed by atoms with Gasteiger partial charge < -0.3 is 10.2 Å². The first-order valence-corrected chi connectivity index (χ1v) is 8.92. The predicted octanol–water partition coefficient (Wildman–Crippen LogP) is 5.24. The van der Waals surface area contributed by atoms with Gasteiger partial charge in [0.15, 0.2) is 0 Å². The van der Waals surface area contributed by atoms with Crippen molar-refractivity contribution in [2.75, 3.05) is 24.5 Å². The molecule has 0 aliphatic heterocycles. The van der Waals surface area contributed by atoms with Crippen LogP contribution in [0, 0.1) is 11.8 Å². The molecule has 0 aliphatic carbocycles. The fourth-order valence-electron chi connectivity index (χ4n) is 2.63. The Morgan fingerprint density at radius 3 is 2.05 bits per heavy atom. The molecular weight excluding hydrogens is 324 g/mol. The molecule has 0 amide bonds. The molecule has 0 aromatic heterocycles. The first-order chi connectivity index (χ1) is 9.85. The monoisotopic (exact) mass is 354 g/mol. The zero-order valence-electron chi connectivity index (χ0n) is 14.4. The van der Waals surface area contributed by atoms with Gasteiger partial charge in [-0.3, -0.25) is 0 Å². The Morgan fingerprint density at radius 2 is 1.62 bits per heavy atom. The van der Waals surface area contributed by atoms with Crippen LogP contribution in [-0.2, 0) is 0 Å². The summed E-state index contributed by atoms with van der Waals surface area (Å²) in [7, 11) is 0. The predicted molar refractivity (Wildman–Crippen MR) is 98.1 cm³/mol. The third-order valence-corrected chi connectivity index (χ3v) is 4.13. The summed E-state index contributed by atoms with van der Waals surface area (Å²) in [6.45, 7) is 16.7. The number of anilines is 1. The summed E-state index contributed by atoms with van der Waals surface area (Å²) >= 11 is 3.78. The zero-order chi connectivity index (χ0) is 16.0. The highest BCUT2D eigenvalue weighted by atomic mass is 79.9. The van der Waals surface area contributed by atoms with E-state index in [0.717, 1.165) is 19.6 Å². The number of nitrogens with zero attached hydrogens (tertiary/aromatic N) is 1. The quantitative estimate of drug-likeness (QED) is 0.686. The second-order valence-electron chi connectivity index (χ2n) is 6.68. The van der Waals surface area contributed by atoms with E-state index in [2.05, 4.69) is 85.9 Å². The van der Waals surface area contributed by atoms with Crippen LogP contribution in [0.15, 0.2) is 22.7 Å². The van der Waals surface area contributed by atoms with Crippen molar-refractivity contribution in [3.8, 4) is 0 Å². The van der Waals surface area contributed by atoms with E-state index >= 15 is 0 Å². The Kier molecular flexibility index (Phi) is 7.75. The summed E-state index contributed by atoms with van der Waals surface area (Å²) in [4.78, 5) is 2.50. The Morgan fingerprint density at radius 1 is 1.05 bits per heavy atom. The maximum absolute atomic E-state index is 3.78. The fourth-order valence-corrected chi connectivity index (χ4v) is 3.27. The van der Waals surface area contributed by atoms with Gasteiger partial charge in [-0.2, -0.15) is 0 Å². The SMILES string of the molecule is CCNC(C)c1ccc(N(CC(C)C)CC(C)C)c(Br)c1. The standard InChI is InChI=1S/C18H31BrN2/c1-7-20-15(6)16-8-9-18(17(19)10-16)21(11-13(2)3)12-14(4)5/h8-10,13-15,20H,7,11-12H2,1-6H3. The van der Waals surface area contributed by atoms with Gasteiger partial charge in [0.1, 0.15) is 0 Å². The van der Waals surface area contributed by atoms with Gasteiger partial charge in [0.2, 0.25) is 0 Å². The van der Waals surface area contributed by atoms with Gasteiger partial charge in [0, 0.05) is 23.6 Å². The molecule has 3 heteroatoms. The maximum atomic E-state index is 3.78. The number of hydrogen-bond acceptors (Lipinski definition) is 2. The lowest BCUT2D eigenvalue weighted by atomic mass is 10.1. The molecule has 1 rings (SSSR count). The van der Waals surface area contributed by atoms with Crippen molar-refractivity contribution in [2.24, 2.45) is 11.8 Å². The van der Waals surface area contributed by atoms with Crippen LogP contribution in [0.4, 0.5) is 5.69 Å². The highest BCUT2D eigenvalue weighted by molar-refractivity contribution is 9.10. The number of rotatable bonds is 8. The summed E-state index contributed by atoms with van der Waals surface area (Å²) in [6, 6.07) is 7.17. The molecule has 0 radical (unpaired) electrons. The van der Waals surface area contributed by atoms with E-state index in [1.165, 1.54) is 15.7 Å². The highest BCUT2D eigenvalue weighted by Gasteiger charge is 2.15. The van der Waals surface area contributed by atoms with Crippen LogP contribution < -0.4 is 10.2 Å². The average molecular weight is 355 g/mol. The van der Waals surface area contributed by atoms with Crippen LogP contribution in [0.25, 0.3) is 0 Å². The van der Waals surface area contributed by atoms with E-state index in [1.807, 2.05) is 0 Å². The van der Waals surface area contributed by atoms with Crippen LogP contribution >= 0.6 is 15.9 Å². The highest BCUT2D eigenvalue weighted by Crippen LogP contribution is 2.30. The molecule has 2 nitrogen and oxygen atoms in total. The Labute approximate surface area is 139 Å². The third kappa shape index (κ3) is 5.99. The van der Waals surface area contributed by atoms with Gasteiger partial charge >= 0.3 is 0 Å². The molecule has 0 fully saturated rings. The minimum atomic E-state index is 0.393. The Balaban J connectivity index is 2.98. The maximum Gasteiger partial charge on any atom is 0.0511 e. The van der Waals surface area contributed by atoms with Crippen molar-refractivity contribution in [1.82, 2.24) is 5.32 Å². The molecule has 0 bridgehead atoms. The van der Waals surface area contributed by atoms with Crippen molar-refractivity contribution in [3.05, 3.63) is 28.2 Å². The van der Waals surface area contributed by atoms with Gasteiger partial charge in [-0.1, -0.05) is 40.7 Å². The molecule has 0 spiro atoms. The van der Waals surface area contributed by atoms with Crippen LogP contribution in [-0.4, -0.2) is 19.6 Å². The summed E-state index contributed by atoms with van der Waals surface area (Å²) < 4.78 is 1.20. The van der Waals surface area contributed by atoms with E-state index in [4.69, 9.17) is 0 Å². The lowest BCUT2D eigenvalue weighted by Crippen LogP contribution is -2.31. The lowest BCUT2D eigenvalue weighted by Gasteiger charge is -2.30. The summed E-state index contributed by atoms with van der Waals surface area (Å²) in [6.07, 6.45) is 0. The van der Waals surface area contributed by atoms with Gasteiger partial charge in [-0.15, -0.1) is 0 Å². The van der Waals surface area contributed by atoms with Crippen molar-refractivity contribution in [3.63, 3.8) is 0 Å². The molecule has 120 valence electrons. The normalized spacial score (nSPS) is 13.0. The Bertz CT molecular complexity index is 419. The first kappa shape index (κ1) is 18.5. The van der Waals surface area contributed by atoms with E-state index in [0.29, 0.717) is 17.9 Å². The van der Waals surface area contributed by atoms with Gasteiger partial charge in [-0.05, 0) is 58.9 Å². The van der Waals surface area contributed by atoms with Crippen LogP contribution in [0.3, 0.4) is 0 Å². The van der Waals surface area contributed by atoms with E-state index in [-0.39, 0.29) is 0 Å². The summed E-state index contributed by atoms with van der Waals surface area (Å²) in [5, 5.41) is 3.47. The molecule has 0 saturated carbocycles. The average Bonchev–Trinajstić information content (AvgIpc) is 2.36. The fraction of sp³-hybridized carbons (Fsp3) is 0.667. The van der Waals surface area contributed by atoms with Crippen LogP contribution in [0.1, 0.15) is 53.1 Å². The minimum Gasteiger partial charge on any atom is -0.370 e. The lowest BCUT2D eigenvalue weighted by molar-refractivity contribution is 0.551. The molecule has 1 unspecified atom stereocenters. The topological polar surface area (TPSA) is 15.3 Å². The molecule has 0 heterocycles. The minimum absolute atomic E-state index is 0.393. The van der Waals surface area contributed by atoms with Crippen LogP contribution in [0.5, 0.6) is 0 Å². The van der Waals surface area contributed by atoms with Crippen LogP contribution in [0.2, 0.25) is 0 Å². The van der Waals surface area contributed by atoms with Gasteiger partial charge in [0.05, 0.1) is 5.69 Å². The smallest absolute Gasteiger partial charge is 0.0511 e.